The Morgan fingerprint density at radius 3 is 2.81 bits per heavy atom. The van der Waals surface area contributed by atoms with Crippen LogP contribution in [-0.2, 0) is 0 Å². The van der Waals surface area contributed by atoms with Gasteiger partial charge in [0.2, 0.25) is 0 Å². The van der Waals surface area contributed by atoms with Gasteiger partial charge in [0.05, 0.1) is 0 Å². The summed E-state index contributed by atoms with van der Waals surface area (Å²) >= 11 is 0. The summed E-state index contributed by atoms with van der Waals surface area (Å²) in [4.78, 5) is 8.70. The molecular weight excluding hydrogens is 262 g/mol. The lowest BCUT2D eigenvalue weighted by molar-refractivity contribution is 0.216. The summed E-state index contributed by atoms with van der Waals surface area (Å²) < 4.78 is 6.09. The van der Waals surface area contributed by atoms with Gasteiger partial charge in [-0.05, 0) is 25.1 Å². The molecule has 0 spiro atoms. The Labute approximate surface area is 123 Å². The number of rotatable bonds is 4. The van der Waals surface area contributed by atoms with Crippen LogP contribution in [0.2, 0.25) is 0 Å². The number of aryl methyl sites for hydroxylation is 1. The first kappa shape index (κ1) is 13.5. The first-order valence-corrected chi connectivity index (χ1v) is 6.91. The maximum Gasteiger partial charge on any atom is 0.146 e. The fraction of sp³-hybridized carbons (Fsp3) is 0.176. The first-order valence-electron chi connectivity index (χ1n) is 6.91. The average Bonchev–Trinajstić information content (AvgIpc) is 2.53. The van der Waals surface area contributed by atoms with Crippen molar-refractivity contribution in [2.75, 3.05) is 6.54 Å². The van der Waals surface area contributed by atoms with Gasteiger partial charge >= 0.3 is 0 Å². The molecule has 106 valence electrons. The number of ether oxygens (including phenoxy) is 1. The van der Waals surface area contributed by atoms with Crippen molar-refractivity contribution in [1.82, 2.24) is 9.97 Å². The molecule has 1 aromatic carbocycles. The molecule has 0 bridgehead atoms. The number of nitrogens with two attached hydrogens (primary N) is 1. The lowest BCUT2D eigenvalue weighted by Gasteiger charge is -2.18. The molecule has 3 aromatic rings. The van der Waals surface area contributed by atoms with Crippen LogP contribution < -0.4 is 10.5 Å². The highest BCUT2D eigenvalue weighted by atomic mass is 16.5. The molecule has 0 aliphatic heterocycles. The summed E-state index contributed by atoms with van der Waals surface area (Å²) in [5.74, 6) is 0.746. The summed E-state index contributed by atoms with van der Waals surface area (Å²) in [5.41, 5.74) is 8.64. The van der Waals surface area contributed by atoms with Gasteiger partial charge in [0.15, 0.2) is 0 Å². The fourth-order valence-corrected chi connectivity index (χ4v) is 2.28. The Kier molecular flexibility index (Phi) is 3.79. The number of para-hydroxylation sites is 1. The van der Waals surface area contributed by atoms with Crippen LogP contribution in [0.1, 0.15) is 17.4 Å². The van der Waals surface area contributed by atoms with E-state index in [0.717, 1.165) is 27.9 Å². The highest BCUT2D eigenvalue weighted by Crippen LogP contribution is 2.28. The Hall–Kier alpha value is -2.46. The quantitative estimate of drug-likeness (QED) is 0.797. The molecule has 3 rings (SSSR count). The third kappa shape index (κ3) is 2.85. The smallest absolute Gasteiger partial charge is 0.146 e. The summed E-state index contributed by atoms with van der Waals surface area (Å²) in [5, 5.41) is 1.06. The number of nitrogens with zero attached hydrogens (tertiary/aromatic N) is 2. The van der Waals surface area contributed by atoms with Crippen molar-refractivity contribution in [2.45, 2.75) is 13.0 Å². The molecule has 0 aliphatic rings. The van der Waals surface area contributed by atoms with E-state index in [1.54, 1.807) is 12.4 Å². The second-order valence-corrected chi connectivity index (χ2v) is 4.91. The predicted octanol–water partition coefficient (Wildman–Crippen LogP) is 3.02. The molecule has 4 nitrogen and oxygen atoms in total. The second-order valence-electron chi connectivity index (χ2n) is 4.91. The van der Waals surface area contributed by atoms with E-state index in [4.69, 9.17) is 10.5 Å². The van der Waals surface area contributed by atoms with Gasteiger partial charge in [-0.15, -0.1) is 0 Å². The summed E-state index contributed by atoms with van der Waals surface area (Å²) in [6, 6.07) is 13.8. The highest BCUT2D eigenvalue weighted by Gasteiger charge is 2.14. The SMILES string of the molecule is Cc1ccc2cccc(OC(CN)c3cccnc3)c2n1. The molecular formula is C17H17N3O. The maximum atomic E-state index is 6.09. The molecule has 0 saturated heterocycles. The molecule has 4 heteroatoms. The minimum atomic E-state index is -0.230. The van der Waals surface area contributed by atoms with Gasteiger partial charge in [0.1, 0.15) is 17.4 Å². The first-order chi connectivity index (χ1) is 10.3. The van der Waals surface area contributed by atoms with E-state index in [1.807, 2.05) is 49.4 Å². The second kappa shape index (κ2) is 5.89. The molecule has 1 unspecified atom stereocenters. The molecule has 0 saturated carbocycles. The third-order valence-electron chi connectivity index (χ3n) is 3.36. The number of fused-ring (bicyclic) bond motifs is 1. The van der Waals surface area contributed by atoms with Gasteiger partial charge < -0.3 is 10.5 Å². The standard InChI is InChI=1S/C17H17N3O/c1-12-7-8-13-4-2-6-15(17(13)20-12)21-16(10-18)14-5-3-9-19-11-14/h2-9,11,16H,10,18H2,1H3. The van der Waals surface area contributed by atoms with Gasteiger partial charge in [-0.3, -0.25) is 4.98 Å². The zero-order valence-electron chi connectivity index (χ0n) is 11.9. The van der Waals surface area contributed by atoms with Crippen LogP contribution in [0.15, 0.2) is 54.9 Å². The minimum absolute atomic E-state index is 0.230. The van der Waals surface area contributed by atoms with Gasteiger partial charge in [0, 0.05) is 35.6 Å². The molecule has 21 heavy (non-hydrogen) atoms. The minimum Gasteiger partial charge on any atom is -0.482 e. The maximum absolute atomic E-state index is 6.09. The monoisotopic (exact) mass is 279 g/mol. The topological polar surface area (TPSA) is 61.0 Å². The Morgan fingerprint density at radius 2 is 2.05 bits per heavy atom. The average molecular weight is 279 g/mol. The fourth-order valence-electron chi connectivity index (χ4n) is 2.28. The van der Waals surface area contributed by atoms with E-state index in [-0.39, 0.29) is 6.10 Å². The van der Waals surface area contributed by atoms with Crippen LogP contribution in [0.25, 0.3) is 10.9 Å². The third-order valence-corrected chi connectivity index (χ3v) is 3.36. The lowest BCUT2D eigenvalue weighted by Crippen LogP contribution is -2.18. The number of pyridine rings is 2. The largest absolute Gasteiger partial charge is 0.482 e. The number of hydrogen-bond acceptors (Lipinski definition) is 4. The van der Waals surface area contributed by atoms with Crippen LogP contribution in [-0.4, -0.2) is 16.5 Å². The zero-order chi connectivity index (χ0) is 14.7. The normalized spacial score (nSPS) is 12.3. The van der Waals surface area contributed by atoms with E-state index in [1.165, 1.54) is 0 Å². The number of aromatic nitrogens is 2. The number of benzene rings is 1. The van der Waals surface area contributed by atoms with E-state index in [9.17, 15) is 0 Å². The van der Waals surface area contributed by atoms with Crippen molar-refractivity contribution in [3.63, 3.8) is 0 Å². The Balaban J connectivity index is 1.99. The summed E-state index contributed by atoms with van der Waals surface area (Å²) in [6.07, 6.45) is 3.29. The molecule has 0 aliphatic carbocycles. The molecule has 0 radical (unpaired) electrons. The van der Waals surface area contributed by atoms with Gasteiger partial charge in [0.25, 0.3) is 0 Å². The summed E-state index contributed by atoms with van der Waals surface area (Å²) in [7, 11) is 0. The van der Waals surface area contributed by atoms with Crippen LogP contribution in [0.3, 0.4) is 0 Å². The van der Waals surface area contributed by atoms with Crippen molar-refractivity contribution >= 4 is 10.9 Å². The Morgan fingerprint density at radius 1 is 1.14 bits per heavy atom. The van der Waals surface area contributed by atoms with E-state index in [2.05, 4.69) is 9.97 Å². The number of hydrogen-bond donors (Lipinski definition) is 1. The predicted molar refractivity (Wildman–Crippen MR) is 83.1 cm³/mol. The van der Waals surface area contributed by atoms with Gasteiger partial charge in [-0.1, -0.05) is 24.3 Å². The van der Waals surface area contributed by atoms with Crippen molar-refractivity contribution in [2.24, 2.45) is 5.73 Å². The van der Waals surface area contributed by atoms with Crippen LogP contribution in [0.4, 0.5) is 0 Å². The van der Waals surface area contributed by atoms with Crippen molar-refractivity contribution in [3.05, 3.63) is 66.1 Å². The van der Waals surface area contributed by atoms with E-state index >= 15 is 0 Å². The van der Waals surface area contributed by atoms with Gasteiger partial charge in [-0.25, -0.2) is 4.98 Å². The lowest BCUT2D eigenvalue weighted by atomic mass is 10.1. The molecule has 0 amide bonds. The molecule has 2 N–H and O–H groups in total. The van der Waals surface area contributed by atoms with E-state index in [0.29, 0.717) is 6.54 Å². The molecule has 2 heterocycles. The van der Waals surface area contributed by atoms with Crippen LogP contribution in [0, 0.1) is 6.92 Å². The molecule has 0 fully saturated rings. The van der Waals surface area contributed by atoms with Crippen LogP contribution in [0.5, 0.6) is 5.75 Å². The highest BCUT2D eigenvalue weighted by molar-refractivity contribution is 5.84. The van der Waals surface area contributed by atoms with Crippen molar-refractivity contribution < 1.29 is 4.74 Å². The Bertz CT molecular complexity index is 743. The zero-order valence-corrected chi connectivity index (χ0v) is 11.9. The summed E-state index contributed by atoms with van der Waals surface area (Å²) in [6.45, 7) is 2.35. The van der Waals surface area contributed by atoms with E-state index < -0.39 is 0 Å². The van der Waals surface area contributed by atoms with Crippen molar-refractivity contribution in [3.8, 4) is 5.75 Å². The van der Waals surface area contributed by atoms with Crippen LogP contribution >= 0.6 is 0 Å². The molecule has 1 atom stereocenters. The molecule has 2 aromatic heterocycles. The van der Waals surface area contributed by atoms with Gasteiger partial charge in [-0.2, -0.15) is 0 Å². The van der Waals surface area contributed by atoms with Crippen molar-refractivity contribution in [1.29, 1.82) is 0 Å².